The van der Waals surface area contributed by atoms with Gasteiger partial charge in [0, 0.05) is 34.4 Å². The highest BCUT2D eigenvalue weighted by Crippen LogP contribution is 2.34. The Morgan fingerprint density at radius 1 is 0.853 bits per heavy atom. The van der Waals surface area contributed by atoms with Crippen molar-refractivity contribution in [2.45, 2.75) is 28.8 Å². The number of halogens is 3. The van der Waals surface area contributed by atoms with Crippen molar-refractivity contribution in [3.8, 4) is 0 Å². The number of alkyl halides is 3. The van der Waals surface area contributed by atoms with E-state index in [4.69, 9.17) is 0 Å². The van der Waals surface area contributed by atoms with Crippen molar-refractivity contribution in [2.75, 3.05) is 18.4 Å². The van der Waals surface area contributed by atoms with E-state index in [-0.39, 0.29) is 23.3 Å². The maximum Gasteiger partial charge on any atom is 0.416 e. The Morgan fingerprint density at radius 3 is 2.12 bits per heavy atom. The summed E-state index contributed by atoms with van der Waals surface area (Å²) in [7, 11) is 0. The molecule has 3 aromatic carbocycles. The zero-order valence-electron chi connectivity index (χ0n) is 18.2. The second-order valence-corrected chi connectivity index (χ2v) is 9.16. The Bertz CT molecular complexity index is 1140. The van der Waals surface area contributed by atoms with Gasteiger partial charge in [0.25, 0.3) is 5.91 Å². The number of likely N-dealkylation sites (tertiary alicyclic amines) is 1. The van der Waals surface area contributed by atoms with E-state index in [1.54, 1.807) is 16.7 Å². The lowest BCUT2D eigenvalue weighted by Crippen LogP contribution is -2.41. The normalized spacial score (nSPS) is 14.6. The average molecular weight is 485 g/mol. The molecule has 1 N–H and O–H groups in total. The molecule has 0 atom stereocenters. The minimum Gasteiger partial charge on any atom is -0.339 e. The van der Waals surface area contributed by atoms with E-state index in [9.17, 15) is 22.8 Å². The monoisotopic (exact) mass is 484 g/mol. The summed E-state index contributed by atoms with van der Waals surface area (Å²) >= 11 is 1.57. The number of para-hydroxylation sites is 1. The van der Waals surface area contributed by atoms with Gasteiger partial charge in [0.15, 0.2) is 0 Å². The summed E-state index contributed by atoms with van der Waals surface area (Å²) in [6.07, 6.45) is -3.45. The minimum atomic E-state index is -4.44. The quantitative estimate of drug-likeness (QED) is 0.459. The van der Waals surface area contributed by atoms with Crippen LogP contribution in [0.3, 0.4) is 0 Å². The van der Waals surface area contributed by atoms with Gasteiger partial charge in [-0.05, 0) is 61.4 Å². The fourth-order valence-corrected chi connectivity index (χ4v) is 4.76. The van der Waals surface area contributed by atoms with Crippen molar-refractivity contribution >= 4 is 29.3 Å². The number of hydrogen-bond donors (Lipinski definition) is 1. The molecule has 34 heavy (non-hydrogen) atoms. The molecule has 3 aromatic rings. The first-order valence-corrected chi connectivity index (χ1v) is 11.7. The van der Waals surface area contributed by atoms with Crippen molar-refractivity contribution in [3.63, 3.8) is 0 Å². The summed E-state index contributed by atoms with van der Waals surface area (Å²) in [5.74, 6) is -0.661. The number of hydrogen-bond acceptors (Lipinski definition) is 3. The van der Waals surface area contributed by atoms with Crippen LogP contribution in [-0.2, 0) is 11.0 Å². The average Bonchev–Trinajstić information content (AvgIpc) is 2.85. The zero-order valence-corrected chi connectivity index (χ0v) is 19.0. The Labute approximate surface area is 200 Å². The first-order valence-electron chi connectivity index (χ1n) is 10.9. The van der Waals surface area contributed by atoms with E-state index in [2.05, 4.69) is 5.32 Å². The Balaban J connectivity index is 1.34. The molecule has 8 heteroatoms. The molecule has 0 spiro atoms. The maximum atomic E-state index is 12.9. The zero-order chi connectivity index (χ0) is 24.1. The summed E-state index contributed by atoms with van der Waals surface area (Å²) in [6.45, 7) is 0.747. The van der Waals surface area contributed by atoms with Crippen LogP contribution in [0.25, 0.3) is 0 Å². The molecule has 0 aromatic heterocycles. The highest BCUT2D eigenvalue weighted by molar-refractivity contribution is 7.99. The first-order chi connectivity index (χ1) is 16.3. The van der Waals surface area contributed by atoms with Gasteiger partial charge in [-0.15, -0.1) is 0 Å². The molecule has 1 saturated heterocycles. The predicted octanol–water partition coefficient (Wildman–Crippen LogP) is 6.35. The van der Waals surface area contributed by atoms with Crippen molar-refractivity contribution in [1.82, 2.24) is 4.90 Å². The topological polar surface area (TPSA) is 49.4 Å². The smallest absolute Gasteiger partial charge is 0.339 e. The third-order valence-electron chi connectivity index (χ3n) is 5.73. The SMILES string of the molecule is O=C(Nc1ccccc1Sc1ccccc1)C1CCN(C(=O)c2ccc(C(F)(F)F)cc2)CC1. The molecule has 0 radical (unpaired) electrons. The lowest BCUT2D eigenvalue weighted by atomic mass is 9.95. The number of nitrogens with zero attached hydrogens (tertiary/aromatic N) is 1. The van der Waals surface area contributed by atoms with Gasteiger partial charge in [-0.2, -0.15) is 13.2 Å². The van der Waals surface area contributed by atoms with Crippen molar-refractivity contribution < 1.29 is 22.8 Å². The van der Waals surface area contributed by atoms with Crippen LogP contribution in [0.2, 0.25) is 0 Å². The van der Waals surface area contributed by atoms with Crippen LogP contribution >= 0.6 is 11.8 Å². The van der Waals surface area contributed by atoms with E-state index in [1.165, 1.54) is 12.1 Å². The van der Waals surface area contributed by atoms with E-state index in [0.717, 1.165) is 27.6 Å². The van der Waals surface area contributed by atoms with Gasteiger partial charge in [-0.25, -0.2) is 0 Å². The largest absolute Gasteiger partial charge is 0.416 e. The van der Waals surface area contributed by atoms with Crippen LogP contribution < -0.4 is 5.32 Å². The second-order valence-electron chi connectivity index (χ2n) is 8.04. The van der Waals surface area contributed by atoms with Crippen molar-refractivity contribution in [3.05, 3.63) is 90.0 Å². The summed E-state index contributed by atoms with van der Waals surface area (Å²) in [4.78, 5) is 29.2. The second kappa shape index (κ2) is 10.3. The number of carbonyl (C=O) groups is 2. The molecule has 176 valence electrons. The number of carbonyl (C=O) groups excluding carboxylic acids is 2. The van der Waals surface area contributed by atoms with Gasteiger partial charge in [0.1, 0.15) is 0 Å². The molecule has 4 nitrogen and oxygen atoms in total. The third-order valence-corrected chi connectivity index (χ3v) is 6.81. The van der Waals surface area contributed by atoms with Gasteiger partial charge >= 0.3 is 6.18 Å². The van der Waals surface area contributed by atoms with Crippen LogP contribution in [0.4, 0.5) is 18.9 Å². The highest BCUT2D eigenvalue weighted by atomic mass is 32.2. The van der Waals surface area contributed by atoms with Gasteiger partial charge < -0.3 is 10.2 Å². The molecule has 0 unspecified atom stereocenters. The van der Waals surface area contributed by atoms with Crippen molar-refractivity contribution in [2.24, 2.45) is 5.92 Å². The molecule has 1 fully saturated rings. The molecule has 4 rings (SSSR count). The van der Waals surface area contributed by atoms with Gasteiger partial charge in [0.05, 0.1) is 11.3 Å². The molecule has 0 bridgehead atoms. The Kier molecular flexibility index (Phi) is 7.26. The van der Waals surface area contributed by atoms with Crippen LogP contribution in [-0.4, -0.2) is 29.8 Å². The molecule has 0 aliphatic carbocycles. The fourth-order valence-electron chi connectivity index (χ4n) is 3.84. The van der Waals surface area contributed by atoms with E-state index >= 15 is 0 Å². The summed E-state index contributed by atoms with van der Waals surface area (Å²) in [6, 6.07) is 21.7. The van der Waals surface area contributed by atoms with E-state index in [0.29, 0.717) is 25.9 Å². The predicted molar refractivity (Wildman–Crippen MR) is 126 cm³/mol. The number of benzene rings is 3. The molecule has 0 saturated carbocycles. The van der Waals surface area contributed by atoms with Crippen LogP contribution in [0.15, 0.2) is 88.7 Å². The number of piperidine rings is 1. The first kappa shape index (κ1) is 23.9. The molecule has 2 amide bonds. The molecule has 1 aliphatic rings. The molecule has 1 aliphatic heterocycles. The standard InChI is InChI=1S/C26H23F3N2O2S/c27-26(28,29)20-12-10-19(11-13-20)25(33)31-16-14-18(15-17-31)24(32)30-22-8-4-5-9-23(22)34-21-6-2-1-3-7-21/h1-13,18H,14-17H2,(H,30,32). The van der Waals surface area contributed by atoms with Crippen LogP contribution in [0, 0.1) is 5.92 Å². The van der Waals surface area contributed by atoms with Gasteiger partial charge in [0.2, 0.25) is 5.91 Å². The lowest BCUT2D eigenvalue weighted by molar-refractivity contribution is -0.137. The molecular weight excluding hydrogens is 461 g/mol. The van der Waals surface area contributed by atoms with Crippen LogP contribution in [0.1, 0.15) is 28.8 Å². The highest BCUT2D eigenvalue weighted by Gasteiger charge is 2.31. The van der Waals surface area contributed by atoms with Crippen molar-refractivity contribution in [1.29, 1.82) is 0 Å². The lowest BCUT2D eigenvalue weighted by Gasteiger charge is -2.31. The fraction of sp³-hybridized carbons (Fsp3) is 0.231. The Morgan fingerprint density at radius 2 is 1.47 bits per heavy atom. The van der Waals surface area contributed by atoms with Gasteiger partial charge in [-0.3, -0.25) is 9.59 Å². The summed E-state index contributed by atoms with van der Waals surface area (Å²) in [5.41, 5.74) is 0.164. The molecular formula is C26H23F3N2O2S. The number of amides is 2. The molecule has 1 heterocycles. The number of anilines is 1. The number of rotatable bonds is 5. The Hall–Kier alpha value is -3.26. The van der Waals surface area contributed by atoms with Crippen LogP contribution in [0.5, 0.6) is 0 Å². The summed E-state index contributed by atoms with van der Waals surface area (Å²) < 4.78 is 38.2. The van der Waals surface area contributed by atoms with E-state index in [1.807, 2.05) is 54.6 Å². The summed E-state index contributed by atoms with van der Waals surface area (Å²) in [5, 5.41) is 3.03. The van der Waals surface area contributed by atoms with Gasteiger partial charge in [-0.1, -0.05) is 42.1 Å². The minimum absolute atomic E-state index is 0.0947. The maximum absolute atomic E-state index is 12.9. The third kappa shape index (κ3) is 5.80. The number of nitrogens with one attached hydrogen (secondary N) is 1. The van der Waals surface area contributed by atoms with E-state index < -0.39 is 11.7 Å².